The second kappa shape index (κ2) is 9.51. The van der Waals surface area contributed by atoms with E-state index in [1.54, 1.807) is 31.5 Å². The number of aromatic nitrogens is 1. The van der Waals surface area contributed by atoms with Crippen LogP contribution in [0.1, 0.15) is 19.4 Å². The number of carbonyl (C=O) groups is 1. The molecular formula is C19H21Cl2N3O5S2. The zero-order valence-corrected chi connectivity index (χ0v) is 19.9. The van der Waals surface area contributed by atoms with Gasteiger partial charge in [0.1, 0.15) is 28.7 Å². The molecular weight excluding hydrogens is 485 g/mol. The molecule has 1 atom stereocenters. The van der Waals surface area contributed by atoms with Gasteiger partial charge in [0.25, 0.3) is 5.91 Å². The maximum absolute atomic E-state index is 13.2. The van der Waals surface area contributed by atoms with E-state index in [0.717, 1.165) is 4.31 Å². The van der Waals surface area contributed by atoms with E-state index in [-0.39, 0.29) is 28.4 Å². The molecule has 168 valence electrons. The average molecular weight is 506 g/mol. The minimum Gasteiger partial charge on any atom is -0.489 e. The minimum atomic E-state index is -3.98. The van der Waals surface area contributed by atoms with Crippen LogP contribution in [0.3, 0.4) is 0 Å². The van der Waals surface area contributed by atoms with Crippen LogP contribution in [-0.2, 0) is 21.4 Å². The van der Waals surface area contributed by atoms with E-state index in [0.29, 0.717) is 17.1 Å². The second-order valence-corrected chi connectivity index (χ2v) is 11.7. The molecule has 0 radical (unpaired) electrons. The molecule has 1 amide bonds. The van der Waals surface area contributed by atoms with E-state index >= 15 is 0 Å². The topological polar surface area (TPSA) is 109 Å². The maximum atomic E-state index is 13.2. The van der Waals surface area contributed by atoms with Gasteiger partial charge < -0.3 is 4.74 Å². The normalized spacial score (nSPS) is 19.1. The Bertz CT molecular complexity index is 1040. The molecule has 1 aliphatic heterocycles. The fourth-order valence-electron chi connectivity index (χ4n) is 3.33. The molecule has 1 aliphatic rings. The number of carbonyl (C=O) groups excluding carboxylic acids is 1. The highest BCUT2D eigenvalue weighted by atomic mass is 35.5. The fourth-order valence-corrected chi connectivity index (χ4v) is 6.94. The van der Waals surface area contributed by atoms with E-state index in [9.17, 15) is 13.2 Å². The predicted octanol–water partition coefficient (Wildman–Crippen LogP) is 3.36. The van der Waals surface area contributed by atoms with Crippen LogP contribution in [0.15, 0.2) is 41.3 Å². The molecule has 1 saturated heterocycles. The number of halogens is 2. The highest BCUT2D eigenvalue weighted by Crippen LogP contribution is 2.38. The molecule has 1 aromatic carbocycles. The van der Waals surface area contributed by atoms with Crippen molar-refractivity contribution in [3.63, 3.8) is 0 Å². The predicted molar refractivity (Wildman–Crippen MR) is 119 cm³/mol. The Kier molecular flexibility index (Phi) is 7.39. The molecule has 2 N–H and O–H groups in total. The van der Waals surface area contributed by atoms with Crippen molar-refractivity contribution >= 4 is 50.9 Å². The van der Waals surface area contributed by atoms with Gasteiger partial charge in [-0.2, -0.15) is 16.1 Å². The Morgan fingerprint density at radius 1 is 1.29 bits per heavy atom. The smallest absolute Gasteiger partial charge is 0.263 e. The highest BCUT2D eigenvalue weighted by molar-refractivity contribution is 8.00. The number of pyridine rings is 1. The summed E-state index contributed by atoms with van der Waals surface area (Å²) in [5.74, 6) is 0.206. The van der Waals surface area contributed by atoms with Gasteiger partial charge in [-0.3, -0.25) is 10.0 Å². The number of benzene rings is 1. The summed E-state index contributed by atoms with van der Waals surface area (Å²) in [5.41, 5.74) is 2.31. The third-order valence-corrected chi connectivity index (χ3v) is 8.37. The Labute approximate surface area is 194 Å². The van der Waals surface area contributed by atoms with Crippen molar-refractivity contribution in [2.45, 2.75) is 36.1 Å². The van der Waals surface area contributed by atoms with Crippen molar-refractivity contribution in [2.24, 2.45) is 0 Å². The zero-order valence-electron chi connectivity index (χ0n) is 16.7. The summed E-state index contributed by atoms with van der Waals surface area (Å²) < 4.78 is 32.6. The van der Waals surface area contributed by atoms with Crippen LogP contribution in [0.2, 0.25) is 10.3 Å². The van der Waals surface area contributed by atoms with Gasteiger partial charge in [-0.05, 0) is 55.8 Å². The summed E-state index contributed by atoms with van der Waals surface area (Å²) in [5, 5.41) is 9.62. The summed E-state index contributed by atoms with van der Waals surface area (Å²) in [6, 6.07) is 8.08. The molecule has 3 rings (SSSR count). The Morgan fingerprint density at radius 2 is 1.90 bits per heavy atom. The van der Waals surface area contributed by atoms with Gasteiger partial charge in [0.05, 0.1) is 4.90 Å². The first-order valence-corrected chi connectivity index (χ1v) is 12.4. The fraction of sp³-hybridized carbons (Fsp3) is 0.368. The largest absolute Gasteiger partial charge is 0.489 e. The van der Waals surface area contributed by atoms with Crippen molar-refractivity contribution in [3.05, 3.63) is 52.3 Å². The number of hydroxylamine groups is 1. The van der Waals surface area contributed by atoms with Gasteiger partial charge in [0.2, 0.25) is 10.0 Å². The van der Waals surface area contributed by atoms with Crippen LogP contribution >= 0.6 is 35.0 Å². The monoisotopic (exact) mass is 505 g/mol. The molecule has 8 nitrogen and oxygen atoms in total. The van der Waals surface area contributed by atoms with E-state index in [1.807, 2.05) is 0 Å². The molecule has 0 bridgehead atoms. The number of hydrogen-bond donors (Lipinski definition) is 2. The lowest BCUT2D eigenvalue weighted by Crippen LogP contribution is -2.61. The van der Waals surface area contributed by atoms with E-state index < -0.39 is 26.7 Å². The number of rotatable bonds is 6. The third-order valence-electron chi connectivity index (χ3n) is 4.75. The van der Waals surface area contributed by atoms with Crippen molar-refractivity contribution in [1.82, 2.24) is 14.8 Å². The summed E-state index contributed by atoms with van der Waals surface area (Å²) in [4.78, 5) is 16.2. The van der Waals surface area contributed by atoms with E-state index in [4.69, 9.17) is 33.1 Å². The molecule has 31 heavy (non-hydrogen) atoms. The summed E-state index contributed by atoms with van der Waals surface area (Å²) in [6.07, 6.45) is 0. The molecule has 0 saturated carbocycles. The lowest BCUT2D eigenvalue weighted by molar-refractivity contribution is -0.134. The van der Waals surface area contributed by atoms with Crippen LogP contribution in [-0.4, -0.2) is 51.9 Å². The van der Waals surface area contributed by atoms with Gasteiger partial charge in [-0.1, -0.05) is 23.2 Å². The van der Waals surface area contributed by atoms with E-state index in [2.05, 4.69) is 4.98 Å². The lowest BCUT2D eigenvalue weighted by atomic mass is 10.0. The van der Waals surface area contributed by atoms with Crippen molar-refractivity contribution in [1.29, 1.82) is 0 Å². The number of ether oxygens (including phenoxy) is 1. The minimum absolute atomic E-state index is 0.0216. The first-order valence-electron chi connectivity index (χ1n) is 9.19. The van der Waals surface area contributed by atoms with Crippen molar-refractivity contribution < 1.29 is 23.2 Å². The molecule has 1 aromatic heterocycles. The maximum Gasteiger partial charge on any atom is 0.263 e. The number of hydrogen-bond acceptors (Lipinski definition) is 7. The van der Waals surface area contributed by atoms with Gasteiger partial charge in [0.15, 0.2) is 0 Å². The van der Waals surface area contributed by atoms with Crippen LogP contribution in [0.25, 0.3) is 0 Å². The number of thioether (sulfide) groups is 1. The van der Waals surface area contributed by atoms with Crippen LogP contribution in [0, 0.1) is 0 Å². The Morgan fingerprint density at radius 3 is 2.48 bits per heavy atom. The third kappa shape index (κ3) is 5.44. The molecule has 1 fully saturated rings. The van der Waals surface area contributed by atoms with E-state index in [1.165, 1.54) is 36.0 Å². The molecule has 2 aromatic rings. The summed E-state index contributed by atoms with van der Waals surface area (Å²) >= 11 is 13.2. The van der Waals surface area contributed by atoms with Gasteiger partial charge in [-0.25, -0.2) is 18.9 Å². The van der Waals surface area contributed by atoms with Gasteiger partial charge in [-0.15, -0.1) is 0 Å². The SMILES string of the molecule is CC1(C)SCCN(S(=O)(=O)c2ccc(OCc3cc(Cl)nc(Cl)c3)cc2)[C@H]1C(=O)NO. The highest BCUT2D eigenvalue weighted by Gasteiger charge is 2.48. The first kappa shape index (κ1) is 24.1. The first-order chi connectivity index (χ1) is 14.5. The number of nitrogens with zero attached hydrogens (tertiary/aromatic N) is 2. The zero-order chi connectivity index (χ0) is 22.8. The summed E-state index contributed by atoms with van der Waals surface area (Å²) in [6.45, 7) is 3.86. The Hall–Kier alpha value is -1.56. The average Bonchev–Trinajstić information content (AvgIpc) is 2.70. The van der Waals surface area contributed by atoms with Crippen molar-refractivity contribution in [2.75, 3.05) is 12.3 Å². The molecule has 0 unspecified atom stereocenters. The Balaban J connectivity index is 1.79. The summed E-state index contributed by atoms with van der Waals surface area (Å²) in [7, 11) is -3.98. The van der Waals surface area contributed by atoms with Crippen LogP contribution < -0.4 is 10.2 Å². The molecule has 0 aliphatic carbocycles. The van der Waals surface area contributed by atoms with Crippen LogP contribution in [0.4, 0.5) is 0 Å². The molecule has 2 heterocycles. The second-order valence-electron chi connectivity index (χ2n) is 7.33. The lowest BCUT2D eigenvalue weighted by Gasteiger charge is -2.43. The number of nitrogens with one attached hydrogen (secondary N) is 1. The number of amides is 1. The standard InChI is InChI=1S/C19H21Cl2N3O5S2/c1-19(2)17(18(25)23-26)24(7-8-30-19)31(27,28)14-5-3-13(4-6-14)29-11-12-9-15(20)22-16(21)10-12/h3-6,9-10,17,26H,7-8,11H2,1-2H3,(H,23,25)/t17-/m0/s1. The quantitative estimate of drug-likeness (QED) is 0.351. The molecule has 12 heteroatoms. The molecule has 0 spiro atoms. The van der Waals surface area contributed by atoms with Crippen LogP contribution in [0.5, 0.6) is 5.75 Å². The van der Waals surface area contributed by atoms with Crippen molar-refractivity contribution in [3.8, 4) is 5.75 Å². The number of sulfonamides is 1. The van der Waals surface area contributed by atoms with Gasteiger partial charge >= 0.3 is 0 Å². The van der Waals surface area contributed by atoms with Gasteiger partial charge in [0, 0.05) is 17.0 Å².